The molecule has 1 N–H and O–H groups in total. The van der Waals surface area contributed by atoms with Crippen molar-refractivity contribution in [2.45, 2.75) is 32.5 Å². The highest BCUT2D eigenvalue weighted by atomic mass is 35.5. The molecule has 1 heterocycles. The van der Waals surface area contributed by atoms with Crippen LogP contribution in [0.15, 0.2) is 36.4 Å². The third-order valence-corrected chi connectivity index (χ3v) is 4.14. The van der Waals surface area contributed by atoms with Gasteiger partial charge in [-0.15, -0.1) is 0 Å². The molecule has 0 aromatic heterocycles. The zero-order valence-electron chi connectivity index (χ0n) is 11.6. The van der Waals surface area contributed by atoms with Gasteiger partial charge in [-0.3, -0.25) is 0 Å². The zero-order chi connectivity index (χ0) is 14.3. The van der Waals surface area contributed by atoms with Crippen molar-refractivity contribution in [3.8, 4) is 5.75 Å². The first-order chi connectivity index (χ1) is 9.56. The van der Waals surface area contributed by atoms with E-state index in [1.54, 1.807) is 12.1 Å². The molecule has 1 aliphatic heterocycles. The number of rotatable bonds is 1. The van der Waals surface area contributed by atoms with Crippen molar-refractivity contribution in [1.29, 1.82) is 0 Å². The molecule has 0 bridgehead atoms. The Labute approximate surface area is 124 Å². The largest absolute Gasteiger partial charge is 0.485 e. The highest BCUT2D eigenvalue weighted by molar-refractivity contribution is 6.30. The van der Waals surface area contributed by atoms with E-state index in [0.29, 0.717) is 11.4 Å². The highest BCUT2D eigenvalue weighted by Crippen LogP contribution is 2.43. The van der Waals surface area contributed by atoms with Gasteiger partial charge in [0.15, 0.2) is 0 Å². The highest BCUT2D eigenvalue weighted by Gasteiger charge is 2.29. The first-order valence-electron chi connectivity index (χ1n) is 6.76. The Hall–Kier alpha value is -1.51. The van der Waals surface area contributed by atoms with Crippen molar-refractivity contribution >= 4 is 11.6 Å². The number of halogens is 1. The molecule has 1 aliphatic rings. The molecule has 0 amide bonds. The molecule has 0 spiro atoms. The first kappa shape index (κ1) is 13.5. The molecule has 104 valence electrons. The fraction of sp³-hybridized carbons (Fsp3) is 0.294. The van der Waals surface area contributed by atoms with Crippen LogP contribution in [0.4, 0.5) is 0 Å². The summed E-state index contributed by atoms with van der Waals surface area (Å²) in [4.78, 5) is 0. The molecule has 0 saturated carbocycles. The maximum absolute atomic E-state index is 10.4. The fourth-order valence-corrected chi connectivity index (χ4v) is 3.11. The van der Waals surface area contributed by atoms with Crippen LogP contribution in [0, 0.1) is 13.8 Å². The van der Waals surface area contributed by atoms with Gasteiger partial charge in [0.25, 0.3) is 0 Å². The minimum Gasteiger partial charge on any atom is -0.485 e. The third-order valence-electron chi connectivity index (χ3n) is 3.90. The molecule has 1 unspecified atom stereocenters. The number of fused-ring (bicyclic) bond motifs is 1. The third kappa shape index (κ3) is 2.30. The van der Waals surface area contributed by atoms with Crippen LogP contribution in [-0.2, 0) is 0 Å². The molecule has 2 nitrogen and oxygen atoms in total. The maximum Gasteiger partial charge on any atom is 0.127 e. The Morgan fingerprint density at radius 2 is 1.85 bits per heavy atom. The lowest BCUT2D eigenvalue weighted by atomic mass is 9.90. The molecule has 20 heavy (non-hydrogen) atoms. The van der Waals surface area contributed by atoms with E-state index in [1.165, 1.54) is 16.7 Å². The van der Waals surface area contributed by atoms with Crippen molar-refractivity contribution in [1.82, 2.24) is 0 Å². The van der Waals surface area contributed by atoms with E-state index in [-0.39, 0.29) is 6.10 Å². The van der Waals surface area contributed by atoms with Gasteiger partial charge in [0, 0.05) is 17.0 Å². The number of aliphatic hydroxyl groups is 1. The van der Waals surface area contributed by atoms with Crippen molar-refractivity contribution in [3.05, 3.63) is 63.7 Å². The molecule has 0 fully saturated rings. The Balaban J connectivity index is 2.01. The van der Waals surface area contributed by atoms with E-state index < -0.39 is 6.10 Å². The lowest BCUT2D eigenvalue weighted by Crippen LogP contribution is -2.20. The van der Waals surface area contributed by atoms with Gasteiger partial charge in [-0.1, -0.05) is 29.8 Å². The Morgan fingerprint density at radius 3 is 2.55 bits per heavy atom. The smallest absolute Gasteiger partial charge is 0.127 e. The molecule has 3 rings (SSSR count). The first-order valence-corrected chi connectivity index (χ1v) is 7.14. The van der Waals surface area contributed by atoms with E-state index in [0.717, 1.165) is 11.3 Å². The molecule has 0 aliphatic carbocycles. The average Bonchev–Trinajstić information content (AvgIpc) is 2.39. The second-order valence-electron chi connectivity index (χ2n) is 5.35. The predicted molar refractivity (Wildman–Crippen MR) is 80.3 cm³/mol. The van der Waals surface area contributed by atoms with E-state index in [1.807, 2.05) is 12.1 Å². The summed E-state index contributed by atoms with van der Waals surface area (Å²) in [6.07, 6.45) is -0.0969. The SMILES string of the molecule is Cc1cccc(C)c1C1C[C@H](O)c2cc(Cl)ccc2O1. The van der Waals surface area contributed by atoms with E-state index in [4.69, 9.17) is 16.3 Å². The summed E-state index contributed by atoms with van der Waals surface area (Å²) < 4.78 is 6.09. The monoisotopic (exact) mass is 288 g/mol. The lowest BCUT2D eigenvalue weighted by Gasteiger charge is -2.31. The molecule has 2 atom stereocenters. The van der Waals surface area contributed by atoms with Gasteiger partial charge in [-0.25, -0.2) is 0 Å². The van der Waals surface area contributed by atoms with Gasteiger partial charge in [0.05, 0.1) is 6.10 Å². The van der Waals surface area contributed by atoms with Crippen LogP contribution >= 0.6 is 11.6 Å². The Kier molecular flexibility index (Phi) is 3.45. The molecule has 2 aromatic rings. The van der Waals surface area contributed by atoms with Crippen LogP contribution in [0.5, 0.6) is 5.75 Å². The van der Waals surface area contributed by atoms with Gasteiger partial charge in [0.1, 0.15) is 11.9 Å². The van der Waals surface area contributed by atoms with Gasteiger partial charge in [-0.2, -0.15) is 0 Å². The zero-order valence-corrected chi connectivity index (χ0v) is 12.3. The number of aryl methyl sites for hydroxylation is 2. The Bertz CT molecular complexity index is 631. The number of ether oxygens (including phenoxy) is 1. The average molecular weight is 289 g/mol. The number of hydrogen-bond donors (Lipinski definition) is 1. The van der Waals surface area contributed by atoms with Crippen LogP contribution < -0.4 is 4.74 Å². The lowest BCUT2D eigenvalue weighted by molar-refractivity contribution is 0.0652. The minimum atomic E-state index is -0.540. The van der Waals surface area contributed by atoms with Crippen LogP contribution in [0.2, 0.25) is 5.02 Å². The summed E-state index contributed by atoms with van der Waals surface area (Å²) in [5.74, 6) is 0.723. The topological polar surface area (TPSA) is 29.5 Å². The van der Waals surface area contributed by atoms with Crippen LogP contribution in [0.25, 0.3) is 0 Å². The normalized spacial score (nSPS) is 21.2. The van der Waals surface area contributed by atoms with E-state index in [2.05, 4.69) is 26.0 Å². The quantitative estimate of drug-likeness (QED) is 0.836. The van der Waals surface area contributed by atoms with Crippen molar-refractivity contribution in [2.75, 3.05) is 0 Å². The second kappa shape index (κ2) is 5.12. The van der Waals surface area contributed by atoms with Gasteiger partial charge < -0.3 is 9.84 Å². The summed E-state index contributed by atoms with van der Waals surface area (Å²) in [5.41, 5.74) is 4.34. The van der Waals surface area contributed by atoms with Crippen molar-refractivity contribution < 1.29 is 9.84 Å². The summed E-state index contributed by atoms with van der Waals surface area (Å²) >= 11 is 5.98. The summed E-state index contributed by atoms with van der Waals surface area (Å²) in [5, 5.41) is 11.0. The minimum absolute atomic E-state index is 0.111. The predicted octanol–water partition coefficient (Wildman–Crippen LogP) is 4.51. The van der Waals surface area contributed by atoms with Gasteiger partial charge in [0.2, 0.25) is 0 Å². The van der Waals surface area contributed by atoms with Crippen LogP contribution in [0.1, 0.15) is 40.9 Å². The summed E-state index contributed by atoms with van der Waals surface area (Å²) in [6, 6.07) is 11.6. The molecular formula is C17H17ClO2. The Morgan fingerprint density at radius 1 is 1.15 bits per heavy atom. The molecule has 0 radical (unpaired) electrons. The summed E-state index contributed by atoms with van der Waals surface area (Å²) in [6.45, 7) is 4.16. The molecular weight excluding hydrogens is 272 g/mol. The van der Waals surface area contributed by atoms with Gasteiger partial charge in [-0.05, 0) is 48.7 Å². The van der Waals surface area contributed by atoms with Crippen LogP contribution in [0.3, 0.4) is 0 Å². The number of hydrogen-bond acceptors (Lipinski definition) is 2. The number of benzene rings is 2. The van der Waals surface area contributed by atoms with E-state index >= 15 is 0 Å². The van der Waals surface area contributed by atoms with E-state index in [9.17, 15) is 5.11 Å². The van der Waals surface area contributed by atoms with Crippen molar-refractivity contribution in [3.63, 3.8) is 0 Å². The summed E-state index contributed by atoms with van der Waals surface area (Å²) in [7, 11) is 0. The molecule has 3 heteroatoms. The molecule has 0 saturated heterocycles. The standard InChI is InChI=1S/C17H17ClO2/c1-10-4-3-5-11(2)17(10)16-9-14(19)13-8-12(18)6-7-15(13)20-16/h3-8,14,16,19H,9H2,1-2H3/t14-,16?/m0/s1. The maximum atomic E-state index is 10.4. The number of aliphatic hydroxyl groups excluding tert-OH is 1. The van der Waals surface area contributed by atoms with Gasteiger partial charge >= 0.3 is 0 Å². The second-order valence-corrected chi connectivity index (χ2v) is 5.78. The fourth-order valence-electron chi connectivity index (χ4n) is 2.93. The van der Waals surface area contributed by atoms with Crippen molar-refractivity contribution in [2.24, 2.45) is 0 Å². The molecule has 2 aromatic carbocycles. The van der Waals surface area contributed by atoms with Crippen LogP contribution in [-0.4, -0.2) is 5.11 Å².